The van der Waals surface area contributed by atoms with Gasteiger partial charge >= 0.3 is 18.2 Å². The van der Waals surface area contributed by atoms with Crippen molar-refractivity contribution < 1.29 is 33.3 Å². The molecule has 1 saturated heterocycles. The maximum atomic E-state index is 13.8. The van der Waals surface area contributed by atoms with Crippen LogP contribution in [0.4, 0.5) is 15.3 Å². The first-order valence-electron chi connectivity index (χ1n) is 12.3. The summed E-state index contributed by atoms with van der Waals surface area (Å²) in [6.45, 7) is 10.5. The number of anilines is 1. The third-order valence-corrected chi connectivity index (χ3v) is 6.69. The quantitative estimate of drug-likeness (QED) is 0.321. The summed E-state index contributed by atoms with van der Waals surface area (Å²) in [5.74, 6) is -0.153. The first-order chi connectivity index (χ1) is 17.7. The van der Waals surface area contributed by atoms with Crippen molar-refractivity contribution in [2.45, 2.75) is 77.0 Å². The molecule has 204 valence electrons. The van der Waals surface area contributed by atoms with Gasteiger partial charge in [0.2, 0.25) is 0 Å². The summed E-state index contributed by atoms with van der Waals surface area (Å²) in [6.07, 6.45) is -2.54. The van der Waals surface area contributed by atoms with Crippen molar-refractivity contribution in [3.05, 3.63) is 58.6 Å². The van der Waals surface area contributed by atoms with E-state index in [9.17, 15) is 14.4 Å². The van der Waals surface area contributed by atoms with Crippen LogP contribution in [0.3, 0.4) is 0 Å². The molecule has 2 amide bonds. The average Bonchev–Trinajstić information content (AvgIpc) is 3.27. The van der Waals surface area contributed by atoms with E-state index < -0.39 is 47.2 Å². The fraction of sp³-hybridized carbons (Fsp3) is 0.464. The highest BCUT2D eigenvalue weighted by atomic mass is 79.9. The maximum absolute atomic E-state index is 13.8. The van der Waals surface area contributed by atoms with Crippen molar-refractivity contribution >= 4 is 39.8 Å². The monoisotopic (exact) mass is 588 g/mol. The third-order valence-electron chi connectivity index (χ3n) is 6.16. The molecule has 0 spiro atoms. The highest BCUT2D eigenvalue weighted by molar-refractivity contribution is 9.10. The maximum Gasteiger partial charge on any atom is 0.416 e. The summed E-state index contributed by atoms with van der Waals surface area (Å²) < 4.78 is 24.2. The van der Waals surface area contributed by atoms with Gasteiger partial charge < -0.3 is 18.9 Å². The fourth-order valence-corrected chi connectivity index (χ4v) is 5.15. The number of ether oxygens (including phenoxy) is 4. The highest BCUT2D eigenvalue weighted by Gasteiger charge is 2.68. The summed E-state index contributed by atoms with van der Waals surface area (Å²) >= 11 is 3.43. The summed E-state index contributed by atoms with van der Waals surface area (Å²) in [4.78, 5) is 43.2. The van der Waals surface area contributed by atoms with E-state index in [2.05, 4.69) is 15.9 Å². The summed E-state index contributed by atoms with van der Waals surface area (Å²) in [6, 6.07) is 13.3. The lowest BCUT2D eigenvalue weighted by molar-refractivity contribution is -0.146. The van der Waals surface area contributed by atoms with Gasteiger partial charge in [0.15, 0.2) is 11.8 Å². The zero-order valence-corrected chi connectivity index (χ0v) is 24.2. The number of amides is 2. The Balaban J connectivity index is 1.95. The van der Waals surface area contributed by atoms with Crippen LogP contribution in [0.1, 0.15) is 53.5 Å². The molecule has 0 unspecified atom stereocenters. The molecule has 38 heavy (non-hydrogen) atoms. The van der Waals surface area contributed by atoms with Crippen molar-refractivity contribution in [2.24, 2.45) is 0 Å². The molecule has 2 aromatic rings. The minimum Gasteiger partial charge on any atom is -0.478 e. The van der Waals surface area contributed by atoms with Crippen LogP contribution in [0.25, 0.3) is 0 Å². The molecule has 2 aliphatic heterocycles. The molecule has 2 aliphatic rings. The van der Waals surface area contributed by atoms with Crippen LogP contribution in [0.15, 0.2) is 53.0 Å². The average molecular weight is 589 g/mol. The molecule has 2 aromatic carbocycles. The number of carbonyl (C=O) groups excluding carboxylic acids is 3. The van der Waals surface area contributed by atoms with E-state index in [1.807, 2.05) is 24.3 Å². The number of para-hydroxylation sites is 1. The molecule has 0 N–H and O–H groups in total. The molecule has 0 radical (unpaired) electrons. The number of hydrogen-bond acceptors (Lipinski definition) is 7. The van der Waals surface area contributed by atoms with Crippen molar-refractivity contribution in [2.75, 3.05) is 12.0 Å². The molecule has 0 saturated carbocycles. The largest absolute Gasteiger partial charge is 0.478 e. The minimum atomic E-state index is -1.32. The molecule has 3 atom stereocenters. The molecule has 1 fully saturated rings. The fourth-order valence-electron chi connectivity index (χ4n) is 4.89. The van der Waals surface area contributed by atoms with Gasteiger partial charge in [-0.2, -0.15) is 0 Å². The number of esters is 1. The molecule has 9 nitrogen and oxygen atoms in total. The predicted octanol–water partition coefficient (Wildman–Crippen LogP) is 5.99. The van der Waals surface area contributed by atoms with Crippen LogP contribution in [0, 0.1) is 0 Å². The standard InChI is InChI=1S/C28H33BrN2O7/c1-26(2,3)37-24(33)30-20-11-9-8-10-19(20)28(36-18-14-12-17(29)13-15-18)16-21(22(32)35-7)31(23(28)30)25(34)38-27(4,5)6/h8-15,21,23H,16H2,1-7H3/t21-,23+,28-/m1/s1. The number of nitrogens with zero attached hydrogens (tertiary/aromatic N) is 2. The van der Waals surface area contributed by atoms with Crippen LogP contribution in [0.5, 0.6) is 5.75 Å². The number of hydrogen-bond donors (Lipinski definition) is 0. The van der Waals surface area contributed by atoms with Crippen LogP contribution in [-0.2, 0) is 24.6 Å². The number of rotatable bonds is 3. The molecular formula is C28H33BrN2O7. The Morgan fingerprint density at radius 1 is 0.895 bits per heavy atom. The Morgan fingerprint density at radius 3 is 2.05 bits per heavy atom. The summed E-state index contributed by atoms with van der Waals surface area (Å²) in [5, 5.41) is 0. The van der Waals surface area contributed by atoms with Crippen LogP contribution in [-0.4, -0.2) is 53.6 Å². The lowest BCUT2D eigenvalue weighted by atomic mass is 9.90. The summed E-state index contributed by atoms with van der Waals surface area (Å²) in [7, 11) is 1.26. The van der Waals surface area contributed by atoms with Gasteiger partial charge in [-0.3, -0.25) is 9.80 Å². The third kappa shape index (κ3) is 5.18. The second kappa shape index (κ2) is 9.80. The van der Waals surface area contributed by atoms with Crippen LogP contribution in [0.2, 0.25) is 0 Å². The molecule has 4 rings (SSSR count). The Kier molecular flexibility index (Phi) is 7.16. The normalized spacial score (nSPS) is 22.4. The number of methoxy groups -OCH3 is 1. The van der Waals surface area contributed by atoms with E-state index >= 15 is 0 Å². The topological polar surface area (TPSA) is 94.6 Å². The van der Waals surface area contributed by atoms with E-state index in [-0.39, 0.29) is 6.42 Å². The molecule has 0 bridgehead atoms. The van der Waals surface area contributed by atoms with Crippen molar-refractivity contribution in [3.8, 4) is 5.75 Å². The molecule has 2 heterocycles. The highest BCUT2D eigenvalue weighted by Crippen LogP contribution is 2.55. The van der Waals surface area contributed by atoms with Gasteiger partial charge in [0.05, 0.1) is 12.8 Å². The van der Waals surface area contributed by atoms with Gasteiger partial charge in [-0.15, -0.1) is 0 Å². The second-order valence-corrected chi connectivity index (χ2v) is 12.2. The Hall–Kier alpha value is -3.27. The van der Waals surface area contributed by atoms with Crippen LogP contribution >= 0.6 is 15.9 Å². The predicted molar refractivity (Wildman–Crippen MR) is 144 cm³/mol. The minimum absolute atomic E-state index is 0.0238. The molecular weight excluding hydrogens is 556 g/mol. The Bertz CT molecular complexity index is 1230. The SMILES string of the molecule is COC(=O)[C@H]1C[C@@]2(Oc3ccc(Br)cc3)c3ccccc3N(C(=O)OC(C)(C)C)[C@H]2N1C(=O)OC(C)(C)C. The van der Waals surface area contributed by atoms with E-state index in [1.165, 1.54) is 16.9 Å². The van der Waals surface area contributed by atoms with Gasteiger partial charge in [-0.05, 0) is 71.9 Å². The molecule has 0 aliphatic carbocycles. The summed E-state index contributed by atoms with van der Waals surface area (Å²) in [5.41, 5.74) is -1.85. The number of benzene rings is 2. The molecule has 0 aromatic heterocycles. The zero-order chi connectivity index (χ0) is 28.0. The van der Waals surface area contributed by atoms with Crippen molar-refractivity contribution in [1.82, 2.24) is 4.90 Å². The Labute approximate surface area is 231 Å². The van der Waals surface area contributed by atoms with E-state index in [4.69, 9.17) is 18.9 Å². The van der Waals surface area contributed by atoms with Gasteiger partial charge in [-0.1, -0.05) is 34.1 Å². The van der Waals surface area contributed by atoms with E-state index in [0.717, 1.165) is 4.47 Å². The Morgan fingerprint density at radius 2 is 1.47 bits per heavy atom. The lowest BCUT2D eigenvalue weighted by Gasteiger charge is -2.38. The van der Waals surface area contributed by atoms with E-state index in [1.54, 1.807) is 65.8 Å². The van der Waals surface area contributed by atoms with Gasteiger partial charge in [0, 0.05) is 16.5 Å². The number of fused-ring (bicyclic) bond motifs is 3. The number of likely N-dealkylation sites (tertiary alicyclic amines) is 1. The smallest absolute Gasteiger partial charge is 0.416 e. The molecule has 10 heteroatoms. The number of carbonyl (C=O) groups is 3. The first-order valence-corrected chi connectivity index (χ1v) is 13.1. The van der Waals surface area contributed by atoms with Crippen molar-refractivity contribution in [3.63, 3.8) is 0 Å². The van der Waals surface area contributed by atoms with E-state index in [0.29, 0.717) is 17.0 Å². The van der Waals surface area contributed by atoms with Gasteiger partial charge in [0.1, 0.15) is 23.0 Å². The van der Waals surface area contributed by atoms with Gasteiger partial charge in [-0.25, -0.2) is 14.4 Å². The lowest BCUT2D eigenvalue weighted by Crippen LogP contribution is -2.58. The van der Waals surface area contributed by atoms with Gasteiger partial charge in [0.25, 0.3) is 0 Å². The van der Waals surface area contributed by atoms with Crippen LogP contribution < -0.4 is 9.64 Å². The van der Waals surface area contributed by atoms with Crippen molar-refractivity contribution in [1.29, 1.82) is 0 Å². The number of halogens is 1. The zero-order valence-electron chi connectivity index (χ0n) is 22.6. The first kappa shape index (κ1) is 27.8. The second-order valence-electron chi connectivity index (χ2n) is 11.3.